The summed E-state index contributed by atoms with van der Waals surface area (Å²) in [5, 5.41) is 0. The minimum Gasteiger partial charge on any atom is -0.462 e. The Hall–Kier alpha value is -0.990. The van der Waals surface area contributed by atoms with Gasteiger partial charge in [0.25, 0.3) is 0 Å². The average Bonchev–Trinajstić information content (AvgIpc) is 3.30. The first kappa shape index (κ1) is 64.0. The van der Waals surface area contributed by atoms with Crippen molar-refractivity contribution in [3.63, 3.8) is 0 Å². The van der Waals surface area contributed by atoms with Crippen LogP contribution in [0.5, 0.6) is 0 Å². The molecule has 0 rings (SSSR count). The summed E-state index contributed by atoms with van der Waals surface area (Å²) in [7, 11) is -4.37. The molecular formula is C55H110NO8P. The number of carbonyl (C=O) groups is 2. The monoisotopic (exact) mass is 944 g/mol. The molecule has 0 aromatic rings. The number of unbranched alkanes of at least 4 members (excludes halogenated alkanes) is 42. The molecule has 0 fully saturated rings. The van der Waals surface area contributed by atoms with Crippen molar-refractivity contribution < 1.29 is 37.6 Å². The van der Waals surface area contributed by atoms with Crippen molar-refractivity contribution in [2.45, 2.75) is 315 Å². The molecule has 0 spiro atoms. The number of rotatable bonds is 55. The topological polar surface area (TPSA) is 134 Å². The highest BCUT2D eigenvalue weighted by molar-refractivity contribution is 7.47. The van der Waals surface area contributed by atoms with Gasteiger partial charge in [0.2, 0.25) is 0 Å². The third-order valence-electron chi connectivity index (χ3n) is 13.0. The highest BCUT2D eigenvalue weighted by Gasteiger charge is 2.26. The lowest BCUT2D eigenvalue weighted by Gasteiger charge is -2.19. The Kier molecular flexibility index (Phi) is 51.6. The Balaban J connectivity index is 3.62. The maximum atomic E-state index is 12.6. The van der Waals surface area contributed by atoms with Crippen molar-refractivity contribution in [1.29, 1.82) is 0 Å². The Morgan fingerprint density at radius 1 is 0.400 bits per heavy atom. The lowest BCUT2D eigenvalue weighted by molar-refractivity contribution is -0.161. The van der Waals surface area contributed by atoms with Gasteiger partial charge in [-0.3, -0.25) is 18.6 Å². The highest BCUT2D eigenvalue weighted by Crippen LogP contribution is 2.43. The second-order valence-corrected chi connectivity index (χ2v) is 21.0. The van der Waals surface area contributed by atoms with Crippen LogP contribution in [0.15, 0.2) is 0 Å². The SMILES string of the molecule is CCCCCCCCCCCCCCCCCCCCCCCCCCCCCCCCCCCCCCCC(=O)OC(COC(=O)CCCCCCCCC)COP(=O)(O)OCCN. The van der Waals surface area contributed by atoms with E-state index in [4.69, 9.17) is 24.3 Å². The smallest absolute Gasteiger partial charge is 0.462 e. The highest BCUT2D eigenvalue weighted by atomic mass is 31.2. The zero-order valence-corrected chi connectivity index (χ0v) is 44.2. The average molecular weight is 944 g/mol. The molecular weight excluding hydrogens is 834 g/mol. The van der Waals surface area contributed by atoms with Gasteiger partial charge < -0.3 is 20.1 Å². The molecule has 0 radical (unpaired) electrons. The van der Waals surface area contributed by atoms with E-state index < -0.39 is 26.5 Å². The van der Waals surface area contributed by atoms with E-state index in [9.17, 15) is 19.0 Å². The van der Waals surface area contributed by atoms with Gasteiger partial charge >= 0.3 is 19.8 Å². The Labute approximate surface area is 403 Å². The second kappa shape index (κ2) is 52.4. The minimum atomic E-state index is -4.37. The van der Waals surface area contributed by atoms with Gasteiger partial charge in [-0.15, -0.1) is 0 Å². The Bertz CT molecular complexity index is 1030. The van der Waals surface area contributed by atoms with E-state index in [2.05, 4.69) is 13.8 Å². The molecule has 0 aromatic carbocycles. The molecule has 0 heterocycles. The first-order valence-corrected chi connectivity index (χ1v) is 30.0. The van der Waals surface area contributed by atoms with E-state index in [1.807, 2.05) is 0 Å². The van der Waals surface area contributed by atoms with Crippen LogP contribution in [0.25, 0.3) is 0 Å². The zero-order chi connectivity index (χ0) is 47.4. The molecule has 0 amide bonds. The molecule has 0 saturated carbocycles. The van der Waals surface area contributed by atoms with E-state index in [-0.39, 0.29) is 38.6 Å². The van der Waals surface area contributed by atoms with Gasteiger partial charge in [0.1, 0.15) is 6.61 Å². The van der Waals surface area contributed by atoms with Crippen molar-refractivity contribution in [3.8, 4) is 0 Å². The maximum Gasteiger partial charge on any atom is 0.472 e. The zero-order valence-electron chi connectivity index (χ0n) is 43.3. The van der Waals surface area contributed by atoms with E-state index in [0.29, 0.717) is 6.42 Å². The molecule has 0 aliphatic heterocycles. The number of phosphoric acid groups is 1. The van der Waals surface area contributed by atoms with Gasteiger partial charge in [-0.25, -0.2) is 4.57 Å². The number of nitrogens with two attached hydrogens (primary N) is 1. The number of esters is 2. The first-order chi connectivity index (χ1) is 31.8. The summed E-state index contributed by atoms with van der Waals surface area (Å²) in [4.78, 5) is 34.8. The molecule has 10 heteroatoms. The van der Waals surface area contributed by atoms with Gasteiger partial charge in [0.15, 0.2) is 6.10 Å². The Morgan fingerprint density at radius 3 is 0.938 bits per heavy atom. The van der Waals surface area contributed by atoms with Crippen LogP contribution in [0.3, 0.4) is 0 Å². The van der Waals surface area contributed by atoms with Gasteiger partial charge in [-0.2, -0.15) is 0 Å². The molecule has 0 aromatic heterocycles. The number of phosphoric ester groups is 1. The van der Waals surface area contributed by atoms with Crippen molar-refractivity contribution in [3.05, 3.63) is 0 Å². The molecule has 3 N–H and O–H groups in total. The molecule has 0 saturated heterocycles. The fourth-order valence-corrected chi connectivity index (χ4v) is 9.52. The lowest BCUT2D eigenvalue weighted by Crippen LogP contribution is -2.29. The third kappa shape index (κ3) is 52.2. The molecule has 388 valence electrons. The minimum absolute atomic E-state index is 0.0579. The van der Waals surface area contributed by atoms with Crippen LogP contribution < -0.4 is 5.73 Å². The van der Waals surface area contributed by atoms with Crippen LogP contribution >= 0.6 is 7.82 Å². The number of hydrogen-bond donors (Lipinski definition) is 2. The van der Waals surface area contributed by atoms with Crippen LogP contribution in [0.2, 0.25) is 0 Å². The molecule has 0 aliphatic rings. The normalized spacial score (nSPS) is 13.0. The van der Waals surface area contributed by atoms with Gasteiger partial charge in [0.05, 0.1) is 13.2 Å². The molecule has 0 bridgehead atoms. The summed E-state index contributed by atoms with van der Waals surface area (Å²) in [5.74, 6) is -0.818. The summed E-state index contributed by atoms with van der Waals surface area (Å²) >= 11 is 0. The molecule has 65 heavy (non-hydrogen) atoms. The fourth-order valence-electron chi connectivity index (χ4n) is 8.76. The first-order valence-electron chi connectivity index (χ1n) is 28.5. The third-order valence-corrected chi connectivity index (χ3v) is 14.0. The van der Waals surface area contributed by atoms with E-state index in [1.54, 1.807) is 0 Å². The lowest BCUT2D eigenvalue weighted by atomic mass is 10.0. The molecule has 2 unspecified atom stereocenters. The van der Waals surface area contributed by atoms with Crippen molar-refractivity contribution >= 4 is 19.8 Å². The fraction of sp³-hybridized carbons (Fsp3) is 0.964. The van der Waals surface area contributed by atoms with Crippen LogP contribution in [0.1, 0.15) is 309 Å². The van der Waals surface area contributed by atoms with E-state index >= 15 is 0 Å². The second-order valence-electron chi connectivity index (χ2n) is 19.5. The molecule has 9 nitrogen and oxygen atoms in total. The van der Waals surface area contributed by atoms with Crippen molar-refractivity contribution in [1.82, 2.24) is 0 Å². The summed E-state index contributed by atoms with van der Waals surface area (Å²) in [6, 6.07) is 0. The molecule has 2 atom stereocenters. The van der Waals surface area contributed by atoms with E-state index in [0.717, 1.165) is 32.1 Å². The predicted molar refractivity (Wildman–Crippen MR) is 275 cm³/mol. The van der Waals surface area contributed by atoms with Crippen molar-refractivity contribution in [2.24, 2.45) is 5.73 Å². The van der Waals surface area contributed by atoms with Gasteiger partial charge in [0, 0.05) is 19.4 Å². The summed E-state index contributed by atoms with van der Waals surface area (Å²) in [5.41, 5.74) is 5.35. The quantitative estimate of drug-likeness (QED) is 0.0347. The van der Waals surface area contributed by atoms with Crippen LogP contribution in [0.4, 0.5) is 0 Å². The summed E-state index contributed by atoms with van der Waals surface area (Å²) < 4.78 is 32.7. The summed E-state index contributed by atoms with van der Waals surface area (Å²) in [6.07, 6.45) is 58.0. The molecule has 0 aliphatic carbocycles. The van der Waals surface area contributed by atoms with Crippen LogP contribution in [0, 0.1) is 0 Å². The number of hydrogen-bond acceptors (Lipinski definition) is 8. The largest absolute Gasteiger partial charge is 0.472 e. The standard InChI is InChI=1S/C55H110NO8P/c1-3-5-7-9-11-12-13-14-15-16-17-18-19-20-21-22-23-24-25-26-27-28-29-30-31-32-33-34-35-36-37-38-39-40-42-44-46-48-55(58)64-53(52-63-65(59,60)62-50-49-56)51-61-54(57)47-45-43-41-10-8-6-4-2/h53H,3-52,56H2,1-2H3,(H,59,60). The number of carbonyl (C=O) groups excluding carboxylic acids is 2. The maximum absolute atomic E-state index is 12.6. The van der Waals surface area contributed by atoms with Crippen molar-refractivity contribution in [2.75, 3.05) is 26.4 Å². The summed E-state index contributed by atoms with van der Waals surface area (Å²) in [6.45, 7) is 3.74. The Morgan fingerprint density at radius 2 is 0.662 bits per heavy atom. The van der Waals surface area contributed by atoms with Gasteiger partial charge in [-0.1, -0.05) is 284 Å². The van der Waals surface area contributed by atoms with E-state index in [1.165, 1.54) is 244 Å². The predicted octanol–water partition coefficient (Wildman–Crippen LogP) is 17.5. The van der Waals surface area contributed by atoms with Crippen LogP contribution in [-0.4, -0.2) is 49.3 Å². The van der Waals surface area contributed by atoms with Gasteiger partial charge in [-0.05, 0) is 12.8 Å². The number of ether oxygens (including phenoxy) is 2. The van der Waals surface area contributed by atoms with Crippen LogP contribution in [-0.2, 0) is 32.7 Å².